The van der Waals surface area contributed by atoms with Gasteiger partial charge >= 0.3 is 0 Å². The molecule has 0 N–H and O–H groups in total. The Morgan fingerprint density at radius 1 is 0.588 bits per heavy atom. The van der Waals surface area contributed by atoms with Crippen LogP contribution < -0.4 is 0 Å². The minimum Gasteiger partial charge on any atom is -0.309 e. The topological polar surface area (TPSA) is 30.7 Å². The fourth-order valence-corrected chi connectivity index (χ4v) is 10.0. The van der Waals surface area contributed by atoms with E-state index in [0.717, 1.165) is 39.2 Å². The lowest BCUT2D eigenvalue weighted by Gasteiger charge is -2.23. The van der Waals surface area contributed by atoms with Gasteiger partial charge in [0, 0.05) is 64.1 Å². The van der Waals surface area contributed by atoms with Crippen molar-refractivity contribution in [3.8, 4) is 39.5 Å². The molecule has 1 aliphatic rings. The molecule has 0 saturated heterocycles. The number of benzene rings is 7. The van der Waals surface area contributed by atoms with E-state index in [1.165, 1.54) is 64.2 Å². The molecule has 10 aromatic rings. The maximum Gasteiger partial charge on any atom is 0.160 e. The lowest BCUT2D eigenvalue weighted by Crippen LogP contribution is -2.15. The number of hydrogen-bond acceptors (Lipinski definition) is 3. The third-order valence-corrected chi connectivity index (χ3v) is 12.1. The number of aromatic nitrogens is 3. The van der Waals surface area contributed by atoms with Crippen LogP contribution in [-0.2, 0) is 5.41 Å². The number of hydrogen-bond donors (Lipinski definition) is 0. The van der Waals surface area contributed by atoms with Crippen LogP contribution in [-0.4, -0.2) is 14.5 Å². The van der Waals surface area contributed by atoms with Gasteiger partial charge in [-0.05, 0) is 47.0 Å². The van der Waals surface area contributed by atoms with E-state index in [2.05, 4.69) is 164 Å². The van der Waals surface area contributed by atoms with E-state index in [1.807, 2.05) is 17.4 Å². The Balaban J connectivity index is 1.26. The number of thiophene rings is 1. The number of fused-ring (bicyclic) bond motifs is 13. The van der Waals surface area contributed by atoms with Crippen LogP contribution in [0.5, 0.6) is 0 Å². The molecule has 4 heteroatoms. The first-order valence-corrected chi connectivity index (χ1v) is 18.3. The molecule has 0 spiro atoms. The van der Waals surface area contributed by atoms with Crippen molar-refractivity contribution in [3.05, 3.63) is 163 Å². The summed E-state index contributed by atoms with van der Waals surface area (Å²) in [5.41, 5.74) is 12.8. The Bertz CT molecular complexity index is 3060. The molecule has 0 saturated carbocycles. The lowest BCUT2D eigenvalue weighted by molar-refractivity contribution is 0.667. The molecule has 0 amide bonds. The third-order valence-electron chi connectivity index (χ3n) is 10.9. The van der Waals surface area contributed by atoms with Crippen LogP contribution >= 0.6 is 11.3 Å². The van der Waals surface area contributed by atoms with E-state index in [1.54, 1.807) is 0 Å². The second-order valence-corrected chi connectivity index (χ2v) is 15.2. The maximum absolute atomic E-state index is 5.24. The summed E-state index contributed by atoms with van der Waals surface area (Å²) in [7, 11) is 0. The SMILES string of the molecule is CC1(C)c2ccccc2-c2c1c1c3ccccc3sc1c1c3ccccc3n(-c3cccc(-c4nc(-c5ccccc5)c5ccccc5n4)c3)c21. The van der Waals surface area contributed by atoms with E-state index in [4.69, 9.17) is 9.97 Å². The van der Waals surface area contributed by atoms with Crippen LogP contribution in [0, 0.1) is 0 Å². The minimum absolute atomic E-state index is 0.169. The van der Waals surface area contributed by atoms with E-state index in [9.17, 15) is 0 Å². The second-order valence-electron chi connectivity index (χ2n) is 14.1. The van der Waals surface area contributed by atoms with Gasteiger partial charge in [-0.3, -0.25) is 0 Å². The Kier molecular flexibility index (Phi) is 5.89. The second kappa shape index (κ2) is 10.5. The van der Waals surface area contributed by atoms with E-state index >= 15 is 0 Å². The predicted octanol–water partition coefficient (Wildman–Crippen LogP) is 12.7. The van der Waals surface area contributed by atoms with Crippen molar-refractivity contribution >= 4 is 64.2 Å². The van der Waals surface area contributed by atoms with E-state index < -0.39 is 0 Å². The Labute approximate surface area is 299 Å². The average Bonchev–Trinajstić information content (AvgIpc) is 3.80. The molecule has 11 rings (SSSR count). The monoisotopic (exact) mass is 669 g/mol. The van der Waals surface area contributed by atoms with Crippen molar-refractivity contribution in [3.63, 3.8) is 0 Å². The zero-order chi connectivity index (χ0) is 33.8. The molecule has 7 aromatic carbocycles. The van der Waals surface area contributed by atoms with Gasteiger partial charge in [0.25, 0.3) is 0 Å². The average molecular weight is 670 g/mol. The highest BCUT2D eigenvalue weighted by Gasteiger charge is 2.40. The summed E-state index contributed by atoms with van der Waals surface area (Å²) in [6.07, 6.45) is 0. The van der Waals surface area contributed by atoms with Gasteiger partial charge in [-0.2, -0.15) is 0 Å². The molecular weight excluding hydrogens is 639 g/mol. The summed E-state index contributed by atoms with van der Waals surface area (Å²) < 4.78 is 5.20. The van der Waals surface area contributed by atoms with Crippen molar-refractivity contribution in [1.82, 2.24) is 14.5 Å². The molecule has 3 nitrogen and oxygen atoms in total. The molecule has 3 heterocycles. The van der Waals surface area contributed by atoms with Crippen LogP contribution in [0.15, 0.2) is 152 Å². The molecule has 0 aliphatic heterocycles. The van der Waals surface area contributed by atoms with Crippen molar-refractivity contribution in [2.75, 3.05) is 0 Å². The van der Waals surface area contributed by atoms with Gasteiger partial charge in [0.15, 0.2) is 5.82 Å². The van der Waals surface area contributed by atoms with Crippen LogP contribution in [0.3, 0.4) is 0 Å². The standard InChI is InChI=1S/C47H31N3S/c1-47(2)35-23-10-6-19-31(35)39-42(47)40-34-22-9-13-26-38(34)51-45(40)41-33-21-8-12-25-37(33)50(44(39)41)30-18-14-17-29(27-30)46-48-36-24-11-7-20-32(36)43(49-46)28-15-4-3-5-16-28/h3-27H,1-2H3. The largest absolute Gasteiger partial charge is 0.309 e. The molecule has 1 aliphatic carbocycles. The third kappa shape index (κ3) is 3.94. The van der Waals surface area contributed by atoms with Gasteiger partial charge in [-0.1, -0.05) is 135 Å². The summed E-state index contributed by atoms with van der Waals surface area (Å²) in [4.78, 5) is 10.4. The highest BCUT2D eigenvalue weighted by molar-refractivity contribution is 7.26. The minimum atomic E-state index is -0.169. The van der Waals surface area contributed by atoms with E-state index in [-0.39, 0.29) is 5.41 Å². The first-order valence-electron chi connectivity index (χ1n) is 17.5. The van der Waals surface area contributed by atoms with Crippen molar-refractivity contribution in [2.24, 2.45) is 0 Å². The van der Waals surface area contributed by atoms with Crippen LogP contribution in [0.4, 0.5) is 0 Å². The Hall–Kier alpha value is -6.10. The Morgan fingerprint density at radius 2 is 1.29 bits per heavy atom. The molecule has 0 unspecified atom stereocenters. The molecule has 51 heavy (non-hydrogen) atoms. The summed E-state index contributed by atoms with van der Waals surface area (Å²) in [5.74, 6) is 0.721. The van der Waals surface area contributed by atoms with Gasteiger partial charge < -0.3 is 4.57 Å². The molecular formula is C47H31N3S. The quantitative estimate of drug-likeness (QED) is 0.187. The maximum atomic E-state index is 5.24. The summed E-state index contributed by atoms with van der Waals surface area (Å²) in [6, 6.07) is 54.5. The summed E-state index contributed by atoms with van der Waals surface area (Å²) in [5, 5.41) is 6.39. The molecule has 0 radical (unpaired) electrons. The predicted molar refractivity (Wildman–Crippen MR) is 215 cm³/mol. The highest BCUT2D eigenvalue weighted by Crippen LogP contribution is 2.58. The van der Waals surface area contributed by atoms with Gasteiger partial charge in [0.2, 0.25) is 0 Å². The fourth-order valence-electron chi connectivity index (χ4n) is 8.76. The van der Waals surface area contributed by atoms with Gasteiger partial charge in [-0.25, -0.2) is 9.97 Å². The van der Waals surface area contributed by atoms with Crippen LogP contribution in [0.1, 0.15) is 25.0 Å². The molecule has 0 fully saturated rings. The van der Waals surface area contributed by atoms with E-state index in [0.29, 0.717) is 0 Å². The zero-order valence-corrected chi connectivity index (χ0v) is 29.0. The van der Waals surface area contributed by atoms with Crippen molar-refractivity contribution in [2.45, 2.75) is 19.3 Å². The lowest BCUT2D eigenvalue weighted by atomic mass is 9.80. The summed E-state index contributed by atoms with van der Waals surface area (Å²) in [6.45, 7) is 4.81. The van der Waals surface area contributed by atoms with Crippen LogP contribution in [0.2, 0.25) is 0 Å². The Morgan fingerprint density at radius 3 is 2.18 bits per heavy atom. The molecule has 0 bridgehead atoms. The summed E-state index contributed by atoms with van der Waals surface area (Å²) >= 11 is 1.93. The molecule has 3 aromatic heterocycles. The van der Waals surface area contributed by atoms with Crippen molar-refractivity contribution < 1.29 is 0 Å². The van der Waals surface area contributed by atoms with Crippen molar-refractivity contribution in [1.29, 1.82) is 0 Å². The van der Waals surface area contributed by atoms with Gasteiger partial charge in [0.1, 0.15) is 0 Å². The van der Waals surface area contributed by atoms with Gasteiger partial charge in [-0.15, -0.1) is 11.3 Å². The van der Waals surface area contributed by atoms with Crippen LogP contribution in [0.25, 0.3) is 92.3 Å². The smallest absolute Gasteiger partial charge is 0.160 e. The number of para-hydroxylation sites is 2. The number of rotatable bonds is 3. The first kappa shape index (κ1) is 28.7. The zero-order valence-electron chi connectivity index (χ0n) is 28.2. The van der Waals surface area contributed by atoms with Gasteiger partial charge in [0.05, 0.1) is 22.2 Å². The molecule has 0 atom stereocenters. The fraction of sp³-hybridized carbons (Fsp3) is 0.0638. The normalized spacial score (nSPS) is 13.5. The molecule has 240 valence electrons. The highest BCUT2D eigenvalue weighted by atomic mass is 32.1. The first-order chi connectivity index (χ1) is 25.1. The number of nitrogens with zero attached hydrogens (tertiary/aromatic N) is 3.